The van der Waals surface area contributed by atoms with Crippen LogP contribution in [0.15, 0.2) is 65.3 Å². The van der Waals surface area contributed by atoms with E-state index in [1.54, 1.807) is 0 Å². The number of carbonyl (C=O) groups is 2. The first kappa shape index (κ1) is 25.2. The highest BCUT2D eigenvalue weighted by molar-refractivity contribution is 5.91. The van der Waals surface area contributed by atoms with Gasteiger partial charge in [0.05, 0.1) is 18.1 Å². The lowest BCUT2D eigenvalue weighted by Gasteiger charge is -2.26. The molecule has 7 heteroatoms. The van der Waals surface area contributed by atoms with Crippen molar-refractivity contribution in [2.75, 3.05) is 6.54 Å². The number of hydrogen-bond acceptors (Lipinski definition) is 5. The molecule has 7 nitrogen and oxygen atoms in total. The number of carboxylic acid groups (broad SMARTS) is 1. The molecule has 2 aliphatic rings. The zero-order valence-electron chi connectivity index (χ0n) is 21.0. The SMILES string of the molecule is O=C(O)CCc1ccccc1C[C@H]1[C@H](c2nc(C(=O)NCCCCc3ccccc3)co2)[C@H]2CC[C@@H]1O2. The number of ether oxygens (including phenoxy) is 1. The van der Waals surface area contributed by atoms with Crippen LogP contribution in [0.5, 0.6) is 0 Å². The number of aryl methyl sites for hydroxylation is 2. The number of unbranched alkanes of at least 4 members (excludes halogenated alkanes) is 1. The number of rotatable bonds is 12. The lowest BCUT2D eigenvalue weighted by molar-refractivity contribution is -0.136. The monoisotopic (exact) mass is 502 g/mol. The number of aromatic nitrogens is 1. The number of nitrogens with zero attached hydrogens (tertiary/aromatic N) is 1. The first-order valence-corrected chi connectivity index (χ1v) is 13.3. The predicted molar refractivity (Wildman–Crippen MR) is 138 cm³/mol. The number of fused-ring (bicyclic) bond motifs is 2. The minimum absolute atomic E-state index is 0.0151. The number of hydrogen-bond donors (Lipinski definition) is 2. The highest BCUT2D eigenvalue weighted by Gasteiger charge is 2.51. The summed E-state index contributed by atoms with van der Waals surface area (Å²) in [6, 6.07) is 18.4. The van der Waals surface area contributed by atoms with E-state index in [1.165, 1.54) is 11.8 Å². The predicted octanol–water partition coefficient (Wildman–Crippen LogP) is 4.95. The normalized spacial score (nSPS) is 22.3. The maximum Gasteiger partial charge on any atom is 0.303 e. The van der Waals surface area contributed by atoms with Crippen LogP contribution >= 0.6 is 0 Å². The number of nitrogens with one attached hydrogen (secondary N) is 1. The molecule has 0 spiro atoms. The molecule has 0 aliphatic carbocycles. The molecular formula is C30H34N2O5. The summed E-state index contributed by atoms with van der Waals surface area (Å²) in [5.41, 5.74) is 3.82. The number of carboxylic acids is 1. The molecule has 0 unspecified atom stereocenters. The Hall–Kier alpha value is -3.45. The second kappa shape index (κ2) is 11.7. The van der Waals surface area contributed by atoms with E-state index in [0.717, 1.165) is 49.7 Å². The van der Waals surface area contributed by atoms with Crippen LogP contribution in [0.4, 0.5) is 0 Å². The van der Waals surface area contributed by atoms with Gasteiger partial charge >= 0.3 is 5.97 Å². The average Bonchev–Trinajstić information content (AvgIpc) is 3.65. The largest absolute Gasteiger partial charge is 0.481 e. The van der Waals surface area contributed by atoms with E-state index in [1.807, 2.05) is 36.4 Å². The topological polar surface area (TPSA) is 102 Å². The van der Waals surface area contributed by atoms with Gasteiger partial charge in [0.2, 0.25) is 5.89 Å². The molecule has 5 rings (SSSR count). The van der Waals surface area contributed by atoms with Gasteiger partial charge in [0, 0.05) is 18.9 Å². The van der Waals surface area contributed by atoms with Crippen molar-refractivity contribution in [3.05, 3.63) is 89.1 Å². The van der Waals surface area contributed by atoms with E-state index in [2.05, 4.69) is 28.5 Å². The summed E-state index contributed by atoms with van der Waals surface area (Å²) in [5, 5.41) is 12.1. The van der Waals surface area contributed by atoms with Gasteiger partial charge in [-0.1, -0.05) is 54.6 Å². The van der Waals surface area contributed by atoms with Crippen molar-refractivity contribution in [2.24, 2.45) is 5.92 Å². The van der Waals surface area contributed by atoms with Crippen LogP contribution < -0.4 is 5.32 Å². The Balaban J connectivity index is 1.19. The fraction of sp³-hybridized carbons (Fsp3) is 0.433. The van der Waals surface area contributed by atoms with E-state index >= 15 is 0 Å². The van der Waals surface area contributed by atoms with Gasteiger partial charge in [0.25, 0.3) is 5.91 Å². The molecule has 2 aliphatic heterocycles. The minimum atomic E-state index is -0.794. The van der Waals surface area contributed by atoms with E-state index in [9.17, 15) is 9.59 Å². The van der Waals surface area contributed by atoms with Crippen LogP contribution in [0, 0.1) is 5.92 Å². The Morgan fingerprint density at radius 2 is 1.70 bits per heavy atom. The molecule has 2 N–H and O–H groups in total. The summed E-state index contributed by atoms with van der Waals surface area (Å²) >= 11 is 0. The molecule has 2 aromatic carbocycles. The molecule has 2 bridgehead atoms. The Labute approximate surface area is 217 Å². The molecule has 194 valence electrons. The van der Waals surface area contributed by atoms with Crippen molar-refractivity contribution in [3.63, 3.8) is 0 Å². The van der Waals surface area contributed by atoms with Crippen LogP contribution in [0.2, 0.25) is 0 Å². The van der Waals surface area contributed by atoms with Crippen molar-refractivity contribution in [1.29, 1.82) is 0 Å². The maximum atomic E-state index is 12.7. The summed E-state index contributed by atoms with van der Waals surface area (Å²) < 4.78 is 12.1. The maximum absolute atomic E-state index is 12.7. The van der Waals surface area contributed by atoms with E-state index in [0.29, 0.717) is 24.6 Å². The molecule has 37 heavy (non-hydrogen) atoms. The smallest absolute Gasteiger partial charge is 0.303 e. The van der Waals surface area contributed by atoms with Gasteiger partial charge in [-0.25, -0.2) is 4.98 Å². The Morgan fingerprint density at radius 3 is 2.51 bits per heavy atom. The molecule has 2 fully saturated rings. The first-order valence-electron chi connectivity index (χ1n) is 13.3. The van der Waals surface area contributed by atoms with Crippen molar-refractivity contribution in [1.82, 2.24) is 10.3 Å². The summed E-state index contributed by atoms with van der Waals surface area (Å²) in [4.78, 5) is 28.4. The molecule has 4 atom stereocenters. The highest BCUT2D eigenvalue weighted by Crippen LogP contribution is 2.50. The summed E-state index contributed by atoms with van der Waals surface area (Å²) in [5.74, 6) is -0.280. The Bertz CT molecular complexity index is 1210. The summed E-state index contributed by atoms with van der Waals surface area (Å²) in [7, 11) is 0. The van der Waals surface area contributed by atoms with E-state index in [-0.39, 0.29) is 36.4 Å². The van der Waals surface area contributed by atoms with Crippen LogP contribution in [0.3, 0.4) is 0 Å². The Kier molecular flexibility index (Phi) is 7.99. The lowest BCUT2D eigenvalue weighted by Crippen LogP contribution is -2.28. The van der Waals surface area contributed by atoms with Gasteiger partial charge in [-0.3, -0.25) is 9.59 Å². The van der Waals surface area contributed by atoms with Crippen LogP contribution in [-0.2, 0) is 28.8 Å². The number of oxazole rings is 1. The van der Waals surface area contributed by atoms with Crippen molar-refractivity contribution >= 4 is 11.9 Å². The number of carbonyl (C=O) groups excluding carboxylic acids is 1. The average molecular weight is 503 g/mol. The van der Waals surface area contributed by atoms with Gasteiger partial charge < -0.3 is 19.6 Å². The van der Waals surface area contributed by atoms with Crippen molar-refractivity contribution in [3.8, 4) is 0 Å². The standard InChI is InChI=1S/C30H34N2O5/c33-27(34)16-13-21-11-4-5-12-22(21)18-23-25-14-15-26(37-25)28(23)30-32-24(19-36-30)29(35)31-17-7-6-10-20-8-2-1-3-9-20/h1-5,8-9,11-12,19,23,25-26,28H,6-7,10,13-18H2,(H,31,35)(H,33,34)/t23-,25+,26-,28+/m1/s1. The zero-order valence-corrected chi connectivity index (χ0v) is 21.0. The molecule has 2 saturated heterocycles. The molecular weight excluding hydrogens is 468 g/mol. The van der Waals surface area contributed by atoms with Crippen molar-refractivity contribution in [2.45, 2.75) is 69.5 Å². The van der Waals surface area contributed by atoms with Gasteiger partial charge in [-0.2, -0.15) is 0 Å². The zero-order chi connectivity index (χ0) is 25.6. The van der Waals surface area contributed by atoms with Crippen molar-refractivity contribution < 1.29 is 23.8 Å². The number of benzene rings is 2. The lowest BCUT2D eigenvalue weighted by atomic mass is 9.75. The number of amides is 1. The summed E-state index contributed by atoms with van der Waals surface area (Å²) in [6.45, 7) is 0.598. The molecule has 0 radical (unpaired) electrons. The Morgan fingerprint density at radius 1 is 0.946 bits per heavy atom. The molecule has 0 saturated carbocycles. The van der Waals surface area contributed by atoms with Gasteiger partial charge in [0.15, 0.2) is 5.69 Å². The number of aliphatic carboxylic acids is 1. The quantitative estimate of drug-likeness (QED) is 0.340. The van der Waals surface area contributed by atoms with Crippen LogP contribution in [-0.4, -0.2) is 40.7 Å². The third kappa shape index (κ3) is 6.10. The van der Waals surface area contributed by atoms with E-state index < -0.39 is 5.97 Å². The van der Waals surface area contributed by atoms with Crippen LogP contribution in [0.1, 0.15) is 71.1 Å². The second-order valence-corrected chi connectivity index (χ2v) is 10.1. The summed E-state index contributed by atoms with van der Waals surface area (Å²) in [6.07, 6.45) is 7.86. The third-order valence-corrected chi connectivity index (χ3v) is 7.67. The first-order chi connectivity index (χ1) is 18.1. The minimum Gasteiger partial charge on any atom is -0.481 e. The van der Waals surface area contributed by atoms with Gasteiger partial charge in [-0.15, -0.1) is 0 Å². The fourth-order valence-electron chi connectivity index (χ4n) is 5.81. The van der Waals surface area contributed by atoms with Gasteiger partial charge in [-0.05, 0) is 61.6 Å². The molecule has 1 aromatic heterocycles. The second-order valence-electron chi connectivity index (χ2n) is 10.1. The molecule has 3 heterocycles. The highest BCUT2D eigenvalue weighted by atomic mass is 16.5. The fourth-order valence-corrected chi connectivity index (χ4v) is 5.81. The van der Waals surface area contributed by atoms with Crippen LogP contribution in [0.25, 0.3) is 0 Å². The van der Waals surface area contributed by atoms with Gasteiger partial charge in [0.1, 0.15) is 6.26 Å². The molecule has 3 aromatic rings. The van der Waals surface area contributed by atoms with E-state index in [4.69, 9.17) is 14.3 Å². The third-order valence-electron chi connectivity index (χ3n) is 7.67. The molecule has 1 amide bonds.